The molecule has 1 heterocycles. The summed E-state index contributed by atoms with van der Waals surface area (Å²) in [4.78, 5) is 26.3. The molecule has 1 amide bonds. The predicted octanol–water partition coefficient (Wildman–Crippen LogP) is 3.34. The summed E-state index contributed by atoms with van der Waals surface area (Å²) in [6.45, 7) is 0.253. The molecule has 0 radical (unpaired) electrons. The zero-order valence-electron chi connectivity index (χ0n) is 14.5. The van der Waals surface area contributed by atoms with E-state index in [9.17, 15) is 18.0 Å². The molecule has 0 bridgehead atoms. The lowest BCUT2D eigenvalue weighted by Gasteiger charge is -2.15. The summed E-state index contributed by atoms with van der Waals surface area (Å²) in [7, 11) is 0. The Bertz CT molecular complexity index is 812. The Kier molecular flexibility index (Phi) is 7.35. The Hall–Kier alpha value is -2.66. The third-order valence-electron chi connectivity index (χ3n) is 3.64. The van der Waals surface area contributed by atoms with Crippen molar-refractivity contribution >= 4 is 28.5 Å². The van der Waals surface area contributed by atoms with Crippen molar-refractivity contribution in [2.45, 2.75) is 38.1 Å². The Morgan fingerprint density at radius 1 is 1.32 bits per heavy atom. The number of nitrogens with zero attached hydrogens (tertiary/aromatic N) is 1. The van der Waals surface area contributed by atoms with Gasteiger partial charge in [0.1, 0.15) is 6.61 Å². The minimum Gasteiger partial charge on any atom is -0.475 e. The van der Waals surface area contributed by atoms with Crippen molar-refractivity contribution in [1.29, 1.82) is 0 Å². The topological polar surface area (TPSA) is 115 Å². The van der Waals surface area contributed by atoms with Crippen molar-refractivity contribution in [3.8, 4) is 0 Å². The van der Waals surface area contributed by atoms with Crippen LogP contribution in [0, 0.1) is 0 Å². The second kappa shape index (κ2) is 9.51. The fraction of sp³-hybridized carbons (Fsp3) is 0.353. The van der Waals surface area contributed by atoms with Crippen LogP contribution >= 0.6 is 11.3 Å². The summed E-state index contributed by atoms with van der Waals surface area (Å²) >= 11 is 1.49. The summed E-state index contributed by atoms with van der Waals surface area (Å²) in [6, 6.07) is 9.78. The van der Waals surface area contributed by atoms with E-state index in [1.165, 1.54) is 16.2 Å². The molecule has 11 heteroatoms. The molecule has 1 aromatic heterocycles. The van der Waals surface area contributed by atoms with Gasteiger partial charge in [0, 0.05) is 10.9 Å². The number of amides is 1. The van der Waals surface area contributed by atoms with Crippen LogP contribution in [0.4, 0.5) is 23.1 Å². The lowest BCUT2D eigenvalue weighted by Crippen LogP contribution is -2.27. The number of rotatable bonds is 3. The van der Waals surface area contributed by atoms with Gasteiger partial charge in [-0.25, -0.2) is 14.6 Å². The predicted molar refractivity (Wildman–Crippen MR) is 96.1 cm³/mol. The van der Waals surface area contributed by atoms with Crippen LogP contribution < -0.4 is 11.1 Å². The molecule has 2 aromatic rings. The van der Waals surface area contributed by atoms with Gasteiger partial charge in [-0.2, -0.15) is 13.2 Å². The molecule has 152 valence electrons. The quantitative estimate of drug-likeness (QED) is 0.706. The van der Waals surface area contributed by atoms with Crippen molar-refractivity contribution in [3.05, 3.63) is 46.5 Å². The van der Waals surface area contributed by atoms with Crippen LogP contribution in [0.1, 0.15) is 22.6 Å². The van der Waals surface area contributed by atoms with E-state index in [2.05, 4.69) is 10.3 Å². The van der Waals surface area contributed by atoms with Crippen molar-refractivity contribution in [2.75, 3.05) is 5.32 Å². The molecule has 0 aliphatic heterocycles. The first-order chi connectivity index (χ1) is 13.1. The molecule has 0 spiro atoms. The van der Waals surface area contributed by atoms with E-state index in [4.69, 9.17) is 20.4 Å². The van der Waals surface area contributed by atoms with Crippen LogP contribution in [0.5, 0.6) is 0 Å². The van der Waals surface area contributed by atoms with Gasteiger partial charge in [0.25, 0.3) is 0 Å². The first-order valence-corrected chi connectivity index (χ1v) is 8.98. The van der Waals surface area contributed by atoms with Crippen molar-refractivity contribution in [2.24, 2.45) is 5.73 Å². The van der Waals surface area contributed by atoms with Crippen LogP contribution in [0.2, 0.25) is 0 Å². The molecule has 0 saturated heterocycles. The molecular weight excluding hydrogens is 399 g/mol. The Labute approximate surface area is 162 Å². The van der Waals surface area contributed by atoms with E-state index in [1.54, 1.807) is 0 Å². The van der Waals surface area contributed by atoms with E-state index in [0.717, 1.165) is 30.5 Å². The zero-order chi connectivity index (χ0) is 20.7. The number of nitrogens with one attached hydrogen (secondary N) is 1. The fourth-order valence-corrected chi connectivity index (χ4v) is 3.39. The van der Waals surface area contributed by atoms with Crippen LogP contribution in [-0.4, -0.2) is 34.4 Å². The Balaban J connectivity index is 0.000000345. The minimum atomic E-state index is -5.08. The molecule has 28 heavy (non-hydrogen) atoms. The van der Waals surface area contributed by atoms with Gasteiger partial charge >= 0.3 is 18.2 Å². The van der Waals surface area contributed by atoms with Crippen LogP contribution in [0.25, 0.3) is 0 Å². The number of carbonyl (C=O) groups excluding carboxylic acids is 1. The summed E-state index contributed by atoms with van der Waals surface area (Å²) in [6.07, 6.45) is -2.88. The third kappa shape index (κ3) is 6.82. The van der Waals surface area contributed by atoms with E-state index in [1.807, 2.05) is 30.3 Å². The number of nitrogens with two attached hydrogens (primary N) is 1. The van der Waals surface area contributed by atoms with Gasteiger partial charge < -0.3 is 15.6 Å². The monoisotopic (exact) mass is 417 g/mol. The second-order valence-electron chi connectivity index (χ2n) is 5.88. The number of hydrogen-bond donors (Lipinski definition) is 3. The summed E-state index contributed by atoms with van der Waals surface area (Å²) < 4.78 is 36.9. The van der Waals surface area contributed by atoms with Gasteiger partial charge in [-0.1, -0.05) is 30.3 Å². The molecule has 0 saturated carbocycles. The molecule has 7 nitrogen and oxygen atoms in total. The summed E-state index contributed by atoms with van der Waals surface area (Å²) in [5, 5.41) is 10.4. The number of thiazole rings is 1. The number of carbonyl (C=O) groups is 2. The Morgan fingerprint density at radius 2 is 1.96 bits per heavy atom. The van der Waals surface area contributed by atoms with E-state index in [0.29, 0.717) is 5.13 Å². The highest BCUT2D eigenvalue weighted by molar-refractivity contribution is 7.15. The number of ether oxygens (including phenoxy) is 1. The number of benzene rings is 1. The van der Waals surface area contributed by atoms with Crippen molar-refractivity contribution in [1.82, 2.24) is 4.98 Å². The average Bonchev–Trinajstić information content (AvgIpc) is 3.01. The summed E-state index contributed by atoms with van der Waals surface area (Å²) in [5.74, 6) is -2.76. The standard InChI is InChI=1S/C15H17N3O2S.C2HF3O2/c16-11-6-7-12-13(8-11)21-14(17-12)18-15(19)20-9-10-4-2-1-3-5-10;3-2(4,5)1(6)7/h1-5,11H,6-9,16H2,(H,17,18,19);(H,6,7). The molecule has 0 fully saturated rings. The zero-order valence-corrected chi connectivity index (χ0v) is 15.3. The van der Waals surface area contributed by atoms with Gasteiger partial charge in [-0.05, 0) is 24.8 Å². The maximum atomic E-state index is 11.8. The van der Waals surface area contributed by atoms with Gasteiger partial charge in [0.2, 0.25) is 0 Å². The molecule has 4 N–H and O–H groups in total. The third-order valence-corrected chi connectivity index (χ3v) is 4.68. The number of halogens is 3. The lowest BCUT2D eigenvalue weighted by molar-refractivity contribution is -0.192. The van der Waals surface area contributed by atoms with E-state index < -0.39 is 18.2 Å². The van der Waals surface area contributed by atoms with Crippen molar-refractivity contribution in [3.63, 3.8) is 0 Å². The molecule has 1 aliphatic rings. The lowest BCUT2D eigenvalue weighted by atomic mass is 9.99. The molecule has 1 aliphatic carbocycles. The molecular formula is C17H18F3N3O4S. The molecule has 3 rings (SSSR count). The highest BCUT2D eigenvalue weighted by Gasteiger charge is 2.38. The number of fused-ring (bicyclic) bond motifs is 1. The average molecular weight is 417 g/mol. The van der Waals surface area contributed by atoms with E-state index >= 15 is 0 Å². The van der Waals surface area contributed by atoms with Crippen LogP contribution in [-0.2, 0) is 29.0 Å². The first-order valence-electron chi connectivity index (χ1n) is 8.17. The molecule has 1 atom stereocenters. The number of aromatic nitrogens is 1. The fourth-order valence-electron chi connectivity index (χ4n) is 2.30. The van der Waals surface area contributed by atoms with E-state index in [-0.39, 0.29) is 12.6 Å². The van der Waals surface area contributed by atoms with Crippen LogP contribution in [0.15, 0.2) is 30.3 Å². The Morgan fingerprint density at radius 3 is 2.57 bits per heavy atom. The molecule has 1 unspecified atom stereocenters. The highest BCUT2D eigenvalue weighted by Crippen LogP contribution is 2.29. The maximum absolute atomic E-state index is 11.8. The number of alkyl halides is 3. The maximum Gasteiger partial charge on any atom is 0.490 e. The van der Waals surface area contributed by atoms with Crippen LogP contribution in [0.3, 0.4) is 0 Å². The number of anilines is 1. The normalized spacial score (nSPS) is 15.6. The summed E-state index contributed by atoms with van der Waals surface area (Å²) in [5.41, 5.74) is 7.95. The number of hydrogen-bond acceptors (Lipinski definition) is 6. The number of aryl methyl sites for hydroxylation is 1. The number of aliphatic carboxylic acids is 1. The van der Waals surface area contributed by atoms with Gasteiger partial charge in [0.05, 0.1) is 5.69 Å². The van der Waals surface area contributed by atoms with Gasteiger partial charge in [-0.15, -0.1) is 11.3 Å². The van der Waals surface area contributed by atoms with Gasteiger partial charge in [-0.3, -0.25) is 5.32 Å². The number of carboxylic acid groups (broad SMARTS) is 1. The number of carboxylic acids is 1. The smallest absolute Gasteiger partial charge is 0.475 e. The highest BCUT2D eigenvalue weighted by atomic mass is 32.1. The van der Waals surface area contributed by atoms with Gasteiger partial charge in [0.15, 0.2) is 5.13 Å². The largest absolute Gasteiger partial charge is 0.490 e. The first kappa shape index (κ1) is 21.6. The molecule has 1 aromatic carbocycles. The second-order valence-corrected chi connectivity index (χ2v) is 6.97. The minimum absolute atomic E-state index is 0.204. The van der Waals surface area contributed by atoms with Crippen molar-refractivity contribution < 1.29 is 32.6 Å². The SMILES string of the molecule is NC1CCc2nc(NC(=O)OCc3ccccc3)sc2C1.O=C(O)C(F)(F)F.